The van der Waals surface area contributed by atoms with Gasteiger partial charge in [0.15, 0.2) is 0 Å². The molecule has 0 aromatic heterocycles. The van der Waals surface area contributed by atoms with Crippen LogP contribution in [0.15, 0.2) is 0 Å². The second-order valence-corrected chi connectivity index (χ2v) is 5.17. The van der Waals surface area contributed by atoms with E-state index in [0.717, 1.165) is 25.7 Å². The summed E-state index contributed by atoms with van der Waals surface area (Å²) in [5, 5.41) is 3.43. The molecule has 0 bridgehead atoms. The van der Waals surface area contributed by atoms with Crippen molar-refractivity contribution in [3.63, 3.8) is 0 Å². The van der Waals surface area contributed by atoms with Crippen LogP contribution in [0.1, 0.15) is 19.8 Å². The summed E-state index contributed by atoms with van der Waals surface area (Å²) in [6, 6.07) is 1.43. The van der Waals surface area contributed by atoms with Crippen molar-refractivity contribution in [2.45, 2.75) is 31.8 Å². The molecule has 0 heterocycles. The number of nitrogens with one attached hydrogen (secondary N) is 1. The van der Waals surface area contributed by atoms with Crippen molar-refractivity contribution >= 4 is 0 Å². The first kappa shape index (κ1) is 16.9. The van der Waals surface area contributed by atoms with Crippen LogP contribution in [0.4, 0.5) is 0 Å². The fourth-order valence-corrected chi connectivity index (χ4v) is 1.91. The van der Waals surface area contributed by atoms with E-state index in [-0.39, 0.29) is 0 Å². The molecule has 1 atom stereocenters. The maximum atomic E-state index is 5.47. The first-order valence-electron chi connectivity index (χ1n) is 7.32. The highest BCUT2D eigenvalue weighted by Gasteiger charge is 2.28. The van der Waals surface area contributed by atoms with Crippen LogP contribution in [0, 0.1) is 0 Å². The maximum absolute atomic E-state index is 5.47. The van der Waals surface area contributed by atoms with E-state index >= 15 is 0 Å². The number of methoxy groups -OCH3 is 1. The Labute approximate surface area is 117 Å². The Hall–Kier alpha value is -0.200. The summed E-state index contributed by atoms with van der Waals surface area (Å²) in [5.74, 6) is 0. The van der Waals surface area contributed by atoms with E-state index in [9.17, 15) is 0 Å². The first-order chi connectivity index (χ1) is 9.25. The summed E-state index contributed by atoms with van der Waals surface area (Å²) < 4.78 is 15.7. The number of nitrogens with zero attached hydrogens (tertiary/aromatic N) is 1. The first-order valence-corrected chi connectivity index (χ1v) is 7.32. The van der Waals surface area contributed by atoms with E-state index in [1.807, 2.05) is 0 Å². The zero-order chi connectivity index (χ0) is 13.9. The van der Waals surface area contributed by atoms with E-state index in [4.69, 9.17) is 14.2 Å². The Morgan fingerprint density at radius 2 is 1.74 bits per heavy atom. The predicted octanol–water partition coefficient (Wildman–Crippen LogP) is 0.738. The lowest BCUT2D eigenvalue weighted by molar-refractivity contribution is 0.0254. The standard InChI is InChI=1S/C14H30N2O3/c1-13(16(2)14-4-5-14)12-15-6-7-18-10-11-19-9-8-17-3/h13-15H,4-12H2,1-3H3. The highest BCUT2D eigenvalue weighted by Crippen LogP contribution is 2.26. The molecule has 5 heteroatoms. The zero-order valence-corrected chi connectivity index (χ0v) is 12.7. The van der Waals surface area contributed by atoms with Gasteiger partial charge in [0.05, 0.1) is 33.0 Å². The molecule has 0 amide bonds. The van der Waals surface area contributed by atoms with Gasteiger partial charge in [-0.1, -0.05) is 0 Å². The summed E-state index contributed by atoms with van der Waals surface area (Å²) in [7, 11) is 3.89. The van der Waals surface area contributed by atoms with Crippen LogP contribution in [-0.4, -0.2) is 77.3 Å². The smallest absolute Gasteiger partial charge is 0.0701 e. The summed E-state index contributed by atoms with van der Waals surface area (Å²) >= 11 is 0. The Morgan fingerprint density at radius 3 is 2.37 bits per heavy atom. The highest BCUT2D eigenvalue weighted by molar-refractivity contribution is 4.85. The molecule has 1 fully saturated rings. The lowest BCUT2D eigenvalue weighted by Crippen LogP contribution is -2.40. The number of likely N-dealkylation sites (N-methyl/N-ethyl adjacent to an activating group) is 1. The number of hydrogen-bond acceptors (Lipinski definition) is 5. The molecule has 1 saturated carbocycles. The van der Waals surface area contributed by atoms with Gasteiger partial charge in [0.1, 0.15) is 0 Å². The average Bonchev–Trinajstić information content (AvgIpc) is 3.24. The molecule has 19 heavy (non-hydrogen) atoms. The largest absolute Gasteiger partial charge is 0.382 e. The van der Waals surface area contributed by atoms with Crippen LogP contribution in [-0.2, 0) is 14.2 Å². The molecule has 0 aromatic rings. The van der Waals surface area contributed by atoms with E-state index in [2.05, 4.69) is 24.2 Å². The molecule has 0 spiro atoms. The summed E-state index contributed by atoms with van der Waals surface area (Å²) in [4.78, 5) is 2.47. The molecular weight excluding hydrogens is 244 g/mol. The molecule has 1 aliphatic rings. The molecule has 114 valence electrons. The SMILES string of the molecule is COCCOCCOCCNCC(C)N(C)C1CC1. The minimum atomic E-state index is 0.602. The van der Waals surface area contributed by atoms with Gasteiger partial charge in [-0.25, -0.2) is 0 Å². The van der Waals surface area contributed by atoms with Crippen molar-refractivity contribution < 1.29 is 14.2 Å². The Kier molecular flexibility index (Phi) is 9.38. The molecule has 5 nitrogen and oxygen atoms in total. The fourth-order valence-electron chi connectivity index (χ4n) is 1.91. The van der Waals surface area contributed by atoms with E-state index in [1.165, 1.54) is 12.8 Å². The molecule has 1 aliphatic carbocycles. The monoisotopic (exact) mass is 274 g/mol. The molecule has 0 radical (unpaired) electrons. The molecular formula is C14H30N2O3. The summed E-state index contributed by atoms with van der Waals surface area (Å²) in [5.41, 5.74) is 0. The Bertz CT molecular complexity index is 213. The Balaban J connectivity index is 1.78. The maximum Gasteiger partial charge on any atom is 0.0701 e. The molecule has 0 aromatic carbocycles. The topological polar surface area (TPSA) is 43.0 Å². The fraction of sp³-hybridized carbons (Fsp3) is 1.00. The van der Waals surface area contributed by atoms with Crippen LogP contribution in [0.3, 0.4) is 0 Å². The van der Waals surface area contributed by atoms with Crippen molar-refractivity contribution in [3.8, 4) is 0 Å². The van der Waals surface area contributed by atoms with Gasteiger partial charge in [-0.2, -0.15) is 0 Å². The molecule has 0 aliphatic heterocycles. The lowest BCUT2D eigenvalue weighted by Gasteiger charge is -2.24. The van der Waals surface area contributed by atoms with Gasteiger partial charge < -0.3 is 19.5 Å². The summed E-state index contributed by atoms with van der Waals surface area (Å²) in [6.45, 7) is 7.54. The quantitative estimate of drug-likeness (QED) is 0.502. The van der Waals surface area contributed by atoms with Crippen LogP contribution in [0.25, 0.3) is 0 Å². The minimum absolute atomic E-state index is 0.602. The predicted molar refractivity (Wildman–Crippen MR) is 76.6 cm³/mol. The van der Waals surface area contributed by atoms with Crippen molar-refractivity contribution in [2.75, 3.05) is 60.3 Å². The van der Waals surface area contributed by atoms with Gasteiger partial charge in [0.2, 0.25) is 0 Å². The zero-order valence-electron chi connectivity index (χ0n) is 12.7. The van der Waals surface area contributed by atoms with Crippen LogP contribution >= 0.6 is 0 Å². The molecule has 1 unspecified atom stereocenters. The third kappa shape index (κ3) is 8.55. The second-order valence-electron chi connectivity index (χ2n) is 5.17. The van der Waals surface area contributed by atoms with Gasteiger partial charge in [-0.05, 0) is 26.8 Å². The van der Waals surface area contributed by atoms with Crippen LogP contribution in [0.2, 0.25) is 0 Å². The second kappa shape index (κ2) is 10.6. The van der Waals surface area contributed by atoms with Gasteiger partial charge in [0.25, 0.3) is 0 Å². The van der Waals surface area contributed by atoms with Crippen molar-refractivity contribution in [3.05, 3.63) is 0 Å². The van der Waals surface area contributed by atoms with Gasteiger partial charge in [0, 0.05) is 32.3 Å². The minimum Gasteiger partial charge on any atom is -0.382 e. The lowest BCUT2D eigenvalue weighted by atomic mass is 10.3. The third-order valence-electron chi connectivity index (χ3n) is 3.48. The van der Waals surface area contributed by atoms with E-state index < -0.39 is 0 Å². The average molecular weight is 274 g/mol. The van der Waals surface area contributed by atoms with Crippen molar-refractivity contribution in [1.29, 1.82) is 0 Å². The van der Waals surface area contributed by atoms with E-state index in [0.29, 0.717) is 32.5 Å². The van der Waals surface area contributed by atoms with Gasteiger partial charge in [-0.3, -0.25) is 4.90 Å². The van der Waals surface area contributed by atoms with Crippen molar-refractivity contribution in [2.24, 2.45) is 0 Å². The van der Waals surface area contributed by atoms with Gasteiger partial charge in [-0.15, -0.1) is 0 Å². The summed E-state index contributed by atoms with van der Waals surface area (Å²) in [6.07, 6.45) is 2.74. The Morgan fingerprint density at radius 1 is 1.11 bits per heavy atom. The van der Waals surface area contributed by atoms with Crippen molar-refractivity contribution in [1.82, 2.24) is 10.2 Å². The number of rotatable bonds is 13. The van der Waals surface area contributed by atoms with Crippen LogP contribution < -0.4 is 5.32 Å². The number of hydrogen-bond donors (Lipinski definition) is 1. The van der Waals surface area contributed by atoms with E-state index in [1.54, 1.807) is 7.11 Å². The van der Waals surface area contributed by atoms with Gasteiger partial charge >= 0.3 is 0 Å². The third-order valence-corrected chi connectivity index (χ3v) is 3.48. The number of ether oxygens (including phenoxy) is 3. The molecule has 1 rings (SSSR count). The van der Waals surface area contributed by atoms with Crippen LogP contribution in [0.5, 0.6) is 0 Å². The molecule has 0 saturated heterocycles. The molecule has 1 N–H and O–H groups in total. The normalized spacial score (nSPS) is 17.1. The highest BCUT2D eigenvalue weighted by atomic mass is 16.5.